The maximum Gasteiger partial charge on any atom is 0.266 e. The van der Waals surface area contributed by atoms with Gasteiger partial charge in [-0.25, -0.2) is 0 Å². The Kier molecular flexibility index (Phi) is 6.60. The summed E-state index contributed by atoms with van der Waals surface area (Å²) in [7, 11) is 0. The molecule has 0 radical (unpaired) electrons. The molecule has 0 bridgehead atoms. The van der Waals surface area contributed by atoms with Gasteiger partial charge in [-0.2, -0.15) is 5.26 Å². The van der Waals surface area contributed by atoms with Gasteiger partial charge in [0.25, 0.3) is 5.91 Å². The second-order valence-electron chi connectivity index (χ2n) is 9.36. The lowest BCUT2D eigenvalue weighted by Crippen LogP contribution is -2.45. The van der Waals surface area contributed by atoms with E-state index in [2.05, 4.69) is 62.2 Å². The fraction of sp³-hybridized carbons (Fsp3) is 0.357. The van der Waals surface area contributed by atoms with Gasteiger partial charge in [0.05, 0.1) is 5.54 Å². The van der Waals surface area contributed by atoms with E-state index in [9.17, 15) is 10.1 Å². The zero-order valence-electron chi connectivity index (χ0n) is 20.3. The third-order valence-corrected chi connectivity index (χ3v) is 5.96. The fourth-order valence-electron chi connectivity index (χ4n) is 4.58. The number of allylic oxidation sites excluding steroid dienone is 1. The molecule has 2 aromatic carbocycles. The van der Waals surface area contributed by atoms with Gasteiger partial charge in [0, 0.05) is 23.5 Å². The molecule has 3 rings (SSSR count). The van der Waals surface area contributed by atoms with Crippen LogP contribution in [0.2, 0.25) is 0 Å². The molecule has 0 saturated heterocycles. The van der Waals surface area contributed by atoms with E-state index in [0.29, 0.717) is 5.69 Å². The van der Waals surface area contributed by atoms with Gasteiger partial charge in [-0.05, 0) is 106 Å². The van der Waals surface area contributed by atoms with Crippen LogP contribution in [0.4, 0.5) is 11.4 Å². The minimum atomic E-state index is -0.393. The van der Waals surface area contributed by atoms with Gasteiger partial charge in [-0.15, -0.1) is 0 Å². The first kappa shape index (κ1) is 23.3. The number of nitrogens with one attached hydrogen (secondary N) is 1. The number of rotatable bonds is 5. The molecular formula is C28H33N3O. The molecule has 1 N–H and O–H groups in total. The molecule has 0 atom stereocenters. The second kappa shape index (κ2) is 9.04. The first-order valence-electron chi connectivity index (χ1n) is 11.2. The number of aryl methyl sites for hydroxylation is 3. The van der Waals surface area contributed by atoms with Crippen LogP contribution in [-0.4, -0.2) is 18.0 Å². The Morgan fingerprint density at radius 2 is 1.75 bits per heavy atom. The highest BCUT2D eigenvalue weighted by Crippen LogP contribution is 2.40. The van der Waals surface area contributed by atoms with Gasteiger partial charge < -0.3 is 10.2 Å². The minimum Gasteiger partial charge on any atom is -0.362 e. The summed E-state index contributed by atoms with van der Waals surface area (Å²) in [5.74, 6) is -0.393. The van der Waals surface area contributed by atoms with Crippen LogP contribution >= 0.6 is 0 Å². The molecular weight excluding hydrogens is 394 g/mol. The van der Waals surface area contributed by atoms with Crippen molar-refractivity contribution < 1.29 is 4.79 Å². The number of benzene rings is 2. The number of anilines is 2. The molecule has 0 aliphatic carbocycles. The summed E-state index contributed by atoms with van der Waals surface area (Å²) in [6, 6.07) is 12.2. The summed E-state index contributed by atoms with van der Waals surface area (Å²) in [4.78, 5) is 15.3. The SMILES string of the molecule is CCCN1c2cc(C)c(/C=C(\C#N)C(=O)Nc3cc(C)cc(C)c3)cc2C(C)=CC1(C)C. The molecule has 32 heavy (non-hydrogen) atoms. The molecule has 166 valence electrons. The number of hydrogen-bond donors (Lipinski definition) is 1. The summed E-state index contributed by atoms with van der Waals surface area (Å²) >= 11 is 0. The Hall–Kier alpha value is -3.32. The molecule has 1 heterocycles. The minimum absolute atomic E-state index is 0.0550. The summed E-state index contributed by atoms with van der Waals surface area (Å²) in [6.07, 6.45) is 5.06. The average molecular weight is 428 g/mol. The molecule has 1 aliphatic rings. The van der Waals surface area contributed by atoms with E-state index >= 15 is 0 Å². The van der Waals surface area contributed by atoms with Crippen LogP contribution in [0.5, 0.6) is 0 Å². The smallest absolute Gasteiger partial charge is 0.266 e. The second-order valence-corrected chi connectivity index (χ2v) is 9.36. The van der Waals surface area contributed by atoms with Crippen molar-refractivity contribution in [2.75, 3.05) is 16.8 Å². The normalized spacial score (nSPS) is 15.0. The maximum atomic E-state index is 12.8. The lowest BCUT2D eigenvalue weighted by Gasteiger charge is -2.43. The Balaban J connectivity index is 1.99. The molecule has 0 aromatic heterocycles. The Morgan fingerprint density at radius 1 is 1.09 bits per heavy atom. The highest BCUT2D eigenvalue weighted by atomic mass is 16.1. The van der Waals surface area contributed by atoms with Crippen molar-refractivity contribution in [2.45, 2.75) is 60.4 Å². The lowest BCUT2D eigenvalue weighted by molar-refractivity contribution is -0.112. The fourth-order valence-corrected chi connectivity index (χ4v) is 4.58. The van der Waals surface area contributed by atoms with E-state index in [1.54, 1.807) is 6.08 Å². The quantitative estimate of drug-likeness (QED) is 0.434. The third-order valence-electron chi connectivity index (χ3n) is 5.96. The van der Waals surface area contributed by atoms with Crippen LogP contribution in [0.1, 0.15) is 61.9 Å². The summed E-state index contributed by atoms with van der Waals surface area (Å²) in [5.41, 5.74) is 8.38. The molecule has 4 nitrogen and oxygen atoms in total. The molecule has 1 aliphatic heterocycles. The summed E-state index contributed by atoms with van der Waals surface area (Å²) in [6.45, 7) is 15.8. The molecule has 2 aromatic rings. The third kappa shape index (κ3) is 4.78. The van der Waals surface area contributed by atoms with Crippen LogP contribution < -0.4 is 10.2 Å². The molecule has 0 spiro atoms. The zero-order chi connectivity index (χ0) is 23.6. The zero-order valence-corrected chi connectivity index (χ0v) is 20.3. The summed E-state index contributed by atoms with van der Waals surface area (Å²) in [5, 5.41) is 12.6. The molecule has 1 amide bonds. The number of nitrogens with zero attached hydrogens (tertiary/aromatic N) is 2. The van der Waals surface area contributed by atoms with Crippen molar-refractivity contribution in [3.8, 4) is 6.07 Å². The Labute approximate surface area is 192 Å². The van der Waals surface area contributed by atoms with Crippen LogP contribution in [0.3, 0.4) is 0 Å². The monoisotopic (exact) mass is 427 g/mol. The van der Waals surface area contributed by atoms with Crippen molar-refractivity contribution in [1.29, 1.82) is 5.26 Å². The van der Waals surface area contributed by atoms with Crippen LogP contribution in [0, 0.1) is 32.1 Å². The van der Waals surface area contributed by atoms with E-state index in [4.69, 9.17) is 0 Å². The highest BCUT2D eigenvalue weighted by Gasteiger charge is 2.31. The van der Waals surface area contributed by atoms with Gasteiger partial charge in [0.1, 0.15) is 11.6 Å². The van der Waals surface area contributed by atoms with Crippen LogP contribution in [0.15, 0.2) is 42.0 Å². The Morgan fingerprint density at radius 3 is 2.34 bits per heavy atom. The largest absolute Gasteiger partial charge is 0.362 e. The number of nitriles is 1. The number of hydrogen-bond acceptors (Lipinski definition) is 3. The van der Waals surface area contributed by atoms with Gasteiger partial charge in [-0.3, -0.25) is 4.79 Å². The highest BCUT2D eigenvalue weighted by molar-refractivity contribution is 6.10. The van der Waals surface area contributed by atoms with E-state index in [0.717, 1.165) is 40.8 Å². The van der Waals surface area contributed by atoms with E-state index in [1.165, 1.54) is 11.3 Å². The molecule has 4 heteroatoms. The van der Waals surface area contributed by atoms with Gasteiger partial charge >= 0.3 is 0 Å². The molecule has 0 unspecified atom stereocenters. The van der Waals surface area contributed by atoms with Crippen molar-refractivity contribution in [1.82, 2.24) is 0 Å². The Bertz CT molecular complexity index is 1140. The van der Waals surface area contributed by atoms with Crippen molar-refractivity contribution >= 4 is 28.9 Å². The first-order chi connectivity index (χ1) is 15.1. The number of fused-ring (bicyclic) bond motifs is 1. The van der Waals surface area contributed by atoms with Gasteiger partial charge in [0.15, 0.2) is 0 Å². The van der Waals surface area contributed by atoms with Crippen LogP contribution in [0.25, 0.3) is 11.6 Å². The van der Waals surface area contributed by atoms with Gasteiger partial charge in [-0.1, -0.05) is 19.1 Å². The molecule has 0 fully saturated rings. The van der Waals surface area contributed by atoms with Crippen molar-refractivity contribution in [3.05, 3.63) is 69.8 Å². The predicted molar refractivity (Wildman–Crippen MR) is 135 cm³/mol. The van der Waals surface area contributed by atoms with Gasteiger partial charge in [0.2, 0.25) is 0 Å². The summed E-state index contributed by atoms with van der Waals surface area (Å²) < 4.78 is 0. The first-order valence-corrected chi connectivity index (χ1v) is 11.2. The van der Waals surface area contributed by atoms with Crippen molar-refractivity contribution in [2.24, 2.45) is 0 Å². The van der Waals surface area contributed by atoms with E-state index in [-0.39, 0.29) is 11.1 Å². The molecule has 0 saturated carbocycles. The standard InChI is InChI=1S/C28H33N3O/c1-8-9-31-26-13-20(4)22(15-25(26)21(5)16-28(31,6)7)14-23(17-29)27(32)30-24-11-18(2)10-19(3)12-24/h10-16H,8-9H2,1-7H3,(H,30,32)/b23-14+. The van der Waals surface area contributed by atoms with E-state index in [1.807, 2.05) is 39.0 Å². The average Bonchev–Trinajstić information content (AvgIpc) is 2.68. The number of carbonyl (C=O) groups is 1. The lowest BCUT2D eigenvalue weighted by atomic mass is 9.86. The number of carbonyl (C=O) groups excluding carboxylic acids is 1. The maximum absolute atomic E-state index is 12.8. The topological polar surface area (TPSA) is 56.1 Å². The van der Waals surface area contributed by atoms with E-state index < -0.39 is 5.91 Å². The number of amides is 1. The van der Waals surface area contributed by atoms with Crippen molar-refractivity contribution in [3.63, 3.8) is 0 Å². The predicted octanol–water partition coefficient (Wildman–Crippen LogP) is 6.57. The van der Waals surface area contributed by atoms with Crippen LogP contribution in [-0.2, 0) is 4.79 Å².